The minimum absolute atomic E-state index is 0.856. The second-order valence-electron chi connectivity index (χ2n) is 4.63. The molecule has 0 unspecified atom stereocenters. The van der Waals surface area contributed by atoms with Crippen molar-refractivity contribution in [3.05, 3.63) is 64.1 Å². The maximum atomic E-state index is 6.04. The molecule has 0 atom stereocenters. The molecule has 0 amide bonds. The summed E-state index contributed by atoms with van der Waals surface area (Å²) < 4.78 is 1.08. The molecule has 0 aromatic heterocycles. The molecule has 2 N–H and O–H groups in total. The van der Waals surface area contributed by atoms with Gasteiger partial charge < -0.3 is 5.73 Å². The Morgan fingerprint density at radius 1 is 1.05 bits per heavy atom. The van der Waals surface area contributed by atoms with E-state index in [0.29, 0.717) is 0 Å². The van der Waals surface area contributed by atoms with Crippen LogP contribution in [0.4, 0.5) is 5.69 Å². The number of rotatable bonds is 5. The van der Waals surface area contributed by atoms with Crippen LogP contribution in [0.5, 0.6) is 0 Å². The molecule has 0 aliphatic carbocycles. The normalized spacial score (nSPS) is 10.9. The molecule has 100 valence electrons. The number of halogens is 1. The van der Waals surface area contributed by atoms with Gasteiger partial charge in [0.1, 0.15) is 0 Å². The van der Waals surface area contributed by atoms with Crippen LogP contribution in [0.2, 0.25) is 0 Å². The first-order valence-corrected chi connectivity index (χ1v) is 7.28. The van der Waals surface area contributed by atoms with Crippen LogP contribution in [0.15, 0.2) is 53.0 Å². The van der Waals surface area contributed by atoms with E-state index in [2.05, 4.69) is 58.1 Å². The molecule has 0 heterocycles. The van der Waals surface area contributed by atoms with Crippen molar-refractivity contribution in [2.75, 3.05) is 12.3 Å². The van der Waals surface area contributed by atoms with Crippen molar-refractivity contribution in [2.45, 2.75) is 20.0 Å². The van der Waals surface area contributed by atoms with E-state index >= 15 is 0 Å². The van der Waals surface area contributed by atoms with Gasteiger partial charge in [-0.25, -0.2) is 0 Å². The molecule has 3 heteroatoms. The van der Waals surface area contributed by atoms with Gasteiger partial charge in [-0.05, 0) is 35.9 Å². The number of nitrogens with zero attached hydrogens (tertiary/aromatic N) is 1. The van der Waals surface area contributed by atoms with Crippen molar-refractivity contribution in [2.24, 2.45) is 0 Å². The number of nitrogens with two attached hydrogens (primary N) is 1. The summed E-state index contributed by atoms with van der Waals surface area (Å²) >= 11 is 3.50. The molecule has 0 radical (unpaired) electrons. The van der Waals surface area contributed by atoms with Crippen LogP contribution in [0.25, 0.3) is 0 Å². The topological polar surface area (TPSA) is 29.3 Å². The van der Waals surface area contributed by atoms with Crippen LogP contribution in [-0.4, -0.2) is 11.4 Å². The largest absolute Gasteiger partial charge is 0.398 e. The van der Waals surface area contributed by atoms with Gasteiger partial charge in [0.05, 0.1) is 0 Å². The SMILES string of the molecule is CCN(Cc1ccccc1)Cc1cc(Br)ccc1N. The van der Waals surface area contributed by atoms with E-state index in [-0.39, 0.29) is 0 Å². The van der Waals surface area contributed by atoms with Crippen LogP contribution >= 0.6 is 15.9 Å². The second kappa shape index (κ2) is 6.73. The van der Waals surface area contributed by atoms with Crippen molar-refractivity contribution in [1.29, 1.82) is 0 Å². The van der Waals surface area contributed by atoms with E-state index in [1.807, 2.05) is 18.2 Å². The molecule has 0 fully saturated rings. The highest BCUT2D eigenvalue weighted by Gasteiger charge is 2.07. The van der Waals surface area contributed by atoms with Gasteiger partial charge in [-0.15, -0.1) is 0 Å². The molecule has 2 aromatic rings. The van der Waals surface area contributed by atoms with Gasteiger partial charge in [0.2, 0.25) is 0 Å². The highest BCUT2D eigenvalue weighted by atomic mass is 79.9. The van der Waals surface area contributed by atoms with E-state index in [4.69, 9.17) is 5.73 Å². The summed E-state index contributed by atoms with van der Waals surface area (Å²) in [6.45, 7) is 5.00. The number of hydrogen-bond donors (Lipinski definition) is 1. The van der Waals surface area contributed by atoms with E-state index in [9.17, 15) is 0 Å². The lowest BCUT2D eigenvalue weighted by Crippen LogP contribution is -2.22. The van der Waals surface area contributed by atoms with Gasteiger partial charge in [-0.1, -0.05) is 53.2 Å². The molecular weight excluding hydrogens is 300 g/mol. The summed E-state index contributed by atoms with van der Waals surface area (Å²) in [5.41, 5.74) is 9.40. The third kappa shape index (κ3) is 4.08. The third-order valence-electron chi connectivity index (χ3n) is 3.20. The van der Waals surface area contributed by atoms with Crippen molar-refractivity contribution in [1.82, 2.24) is 4.90 Å². The monoisotopic (exact) mass is 318 g/mol. The fraction of sp³-hybridized carbons (Fsp3) is 0.250. The summed E-state index contributed by atoms with van der Waals surface area (Å²) in [5.74, 6) is 0. The van der Waals surface area contributed by atoms with Crippen LogP contribution in [-0.2, 0) is 13.1 Å². The molecule has 0 saturated heterocycles. The molecule has 0 spiro atoms. The Labute approximate surface area is 123 Å². The smallest absolute Gasteiger partial charge is 0.0360 e. The van der Waals surface area contributed by atoms with E-state index in [1.165, 1.54) is 11.1 Å². The van der Waals surface area contributed by atoms with Crippen LogP contribution in [0.3, 0.4) is 0 Å². The van der Waals surface area contributed by atoms with Gasteiger partial charge in [0.15, 0.2) is 0 Å². The Balaban J connectivity index is 2.09. The average molecular weight is 319 g/mol. The lowest BCUT2D eigenvalue weighted by atomic mass is 10.1. The van der Waals surface area contributed by atoms with Crippen LogP contribution < -0.4 is 5.73 Å². The summed E-state index contributed by atoms with van der Waals surface area (Å²) in [6, 6.07) is 16.6. The zero-order valence-electron chi connectivity index (χ0n) is 11.1. The van der Waals surface area contributed by atoms with Crippen LogP contribution in [0.1, 0.15) is 18.1 Å². The molecular formula is C16H19BrN2. The minimum atomic E-state index is 0.856. The summed E-state index contributed by atoms with van der Waals surface area (Å²) in [5, 5.41) is 0. The minimum Gasteiger partial charge on any atom is -0.398 e. The van der Waals surface area contributed by atoms with Crippen molar-refractivity contribution in [3.8, 4) is 0 Å². The fourth-order valence-electron chi connectivity index (χ4n) is 2.07. The number of nitrogen functional groups attached to an aromatic ring is 1. The number of anilines is 1. The molecule has 0 aliphatic rings. The molecule has 2 aromatic carbocycles. The van der Waals surface area contributed by atoms with Crippen molar-refractivity contribution < 1.29 is 0 Å². The highest BCUT2D eigenvalue weighted by molar-refractivity contribution is 9.10. The third-order valence-corrected chi connectivity index (χ3v) is 3.69. The predicted molar refractivity (Wildman–Crippen MR) is 84.8 cm³/mol. The molecule has 19 heavy (non-hydrogen) atoms. The maximum absolute atomic E-state index is 6.04. The number of benzene rings is 2. The van der Waals surface area contributed by atoms with Crippen molar-refractivity contribution >= 4 is 21.6 Å². The van der Waals surface area contributed by atoms with Gasteiger partial charge in [-0.3, -0.25) is 4.90 Å². The van der Waals surface area contributed by atoms with Crippen LogP contribution in [0, 0.1) is 0 Å². The molecule has 0 saturated carbocycles. The zero-order valence-corrected chi connectivity index (χ0v) is 12.7. The quantitative estimate of drug-likeness (QED) is 0.842. The fourth-order valence-corrected chi connectivity index (χ4v) is 2.48. The van der Waals surface area contributed by atoms with E-state index < -0.39 is 0 Å². The van der Waals surface area contributed by atoms with Gasteiger partial charge in [0, 0.05) is 23.2 Å². The van der Waals surface area contributed by atoms with Gasteiger partial charge >= 0.3 is 0 Å². The first kappa shape index (κ1) is 14.1. The van der Waals surface area contributed by atoms with Gasteiger partial charge in [-0.2, -0.15) is 0 Å². The predicted octanol–water partition coefficient (Wildman–Crippen LogP) is 4.05. The Hall–Kier alpha value is -1.32. The molecule has 0 bridgehead atoms. The first-order valence-electron chi connectivity index (χ1n) is 6.49. The molecule has 0 aliphatic heterocycles. The Bertz CT molecular complexity index is 526. The Morgan fingerprint density at radius 3 is 2.47 bits per heavy atom. The second-order valence-corrected chi connectivity index (χ2v) is 5.55. The van der Waals surface area contributed by atoms with E-state index in [0.717, 1.165) is 29.8 Å². The Kier molecular flexibility index (Phi) is 5.00. The summed E-state index contributed by atoms with van der Waals surface area (Å²) in [7, 11) is 0. The number of hydrogen-bond acceptors (Lipinski definition) is 2. The lowest BCUT2D eigenvalue weighted by molar-refractivity contribution is 0.272. The maximum Gasteiger partial charge on any atom is 0.0360 e. The Morgan fingerprint density at radius 2 is 1.79 bits per heavy atom. The molecule has 2 nitrogen and oxygen atoms in total. The molecule has 2 rings (SSSR count). The van der Waals surface area contributed by atoms with E-state index in [1.54, 1.807) is 0 Å². The first-order chi connectivity index (χ1) is 9.19. The van der Waals surface area contributed by atoms with Crippen molar-refractivity contribution in [3.63, 3.8) is 0 Å². The average Bonchev–Trinajstić information content (AvgIpc) is 2.43. The van der Waals surface area contributed by atoms with Gasteiger partial charge in [0.25, 0.3) is 0 Å². The summed E-state index contributed by atoms with van der Waals surface area (Å²) in [6.07, 6.45) is 0. The lowest BCUT2D eigenvalue weighted by Gasteiger charge is -2.21. The summed E-state index contributed by atoms with van der Waals surface area (Å²) in [4.78, 5) is 2.38. The highest BCUT2D eigenvalue weighted by Crippen LogP contribution is 2.20. The zero-order chi connectivity index (χ0) is 13.7. The standard InChI is InChI=1S/C16H19BrN2/c1-2-19(11-13-6-4-3-5-7-13)12-14-10-15(17)8-9-16(14)18/h3-10H,2,11-12,18H2,1H3.